The molecule has 1 N–H and O–H groups in total. The Kier molecular flexibility index (Phi) is 4.98. The van der Waals surface area contributed by atoms with Gasteiger partial charge in [-0.05, 0) is 25.0 Å². The highest BCUT2D eigenvalue weighted by Crippen LogP contribution is 2.15. The van der Waals surface area contributed by atoms with Crippen molar-refractivity contribution >= 4 is 27.3 Å². The first-order valence-electron chi connectivity index (χ1n) is 5.80. The van der Waals surface area contributed by atoms with Gasteiger partial charge < -0.3 is 5.32 Å². The maximum atomic E-state index is 11.9. The van der Waals surface area contributed by atoms with Crippen molar-refractivity contribution in [3.05, 3.63) is 35.4 Å². The van der Waals surface area contributed by atoms with E-state index in [2.05, 4.69) is 5.32 Å². The number of halogens is 1. The van der Waals surface area contributed by atoms with Gasteiger partial charge in [0, 0.05) is 18.7 Å². The van der Waals surface area contributed by atoms with Gasteiger partial charge in [0.25, 0.3) is 0 Å². The number of sulfone groups is 1. The summed E-state index contributed by atoms with van der Waals surface area (Å²) in [7, 11) is -3.45. The van der Waals surface area contributed by atoms with Crippen LogP contribution in [0.5, 0.6) is 0 Å². The molecule has 0 unspecified atom stereocenters. The Labute approximate surface area is 119 Å². The van der Waals surface area contributed by atoms with E-state index in [0.717, 1.165) is 17.4 Å². The Morgan fingerprint density at radius 2 is 1.68 bits per heavy atom. The van der Waals surface area contributed by atoms with Gasteiger partial charge in [-0.25, -0.2) is 8.42 Å². The zero-order chi connectivity index (χ0) is 14.7. The van der Waals surface area contributed by atoms with Gasteiger partial charge in [-0.15, -0.1) is 11.6 Å². The maximum absolute atomic E-state index is 11.9. The molecule has 0 aliphatic carbocycles. The van der Waals surface area contributed by atoms with Gasteiger partial charge in [0.05, 0.1) is 0 Å². The Balaban J connectivity index is 2.69. The molecule has 0 bridgehead atoms. The van der Waals surface area contributed by atoms with Crippen molar-refractivity contribution in [2.75, 3.05) is 6.26 Å². The Bertz CT molecular complexity index is 550. The molecule has 1 aromatic rings. The number of carbonyl (C=O) groups is 1. The number of hydrogen-bond donors (Lipinski definition) is 1. The first-order valence-corrected chi connectivity index (χ1v) is 8.23. The molecule has 4 nitrogen and oxygen atoms in total. The fraction of sp³-hybridized carbons (Fsp3) is 0.462. The van der Waals surface area contributed by atoms with Crippen LogP contribution < -0.4 is 5.32 Å². The van der Waals surface area contributed by atoms with E-state index in [0.29, 0.717) is 12.4 Å². The van der Waals surface area contributed by atoms with Crippen molar-refractivity contribution < 1.29 is 13.2 Å². The van der Waals surface area contributed by atoms with Gasteiger partial charge >= 0.3 is 0 Å². The number of nitrogens with one attached hydrogen (secondary N) is 1. The molecule has 0 aliphatic rings. The van der Waals surface area contributed by atoms with Crippen LogP contribution in [0.15, 0.2) is 24.3 Å². The van der Waals surface area contributed by atoms with Gasteiger partial charge in [0.2, 0.25) is 5.91 Å². The molecule has 19 heavy (non-hydrogen) atoms. The van der Waals surface area contributed by atoms with E-state index in [1.165, 1.54) is 13.8 Å². The highest BCUT2D eigenvalue weighted by atomic mass is 35.5. The van der Waals surface area contributed by atoms with Crippen LogP contribution in [0.2, 0.25) is 0 Å². The summed E-state index contributed by atoms with van der Waals surface area (Å²) in [5, 5.41) is 2.63. The molecular weight excluding hydrogens is 286 g/mol. The zero-order valence-corrected chi connectivity index (χ0v) is 12.8. The molecule has 0 spiro atoms. The van der Waals surface area contributed by atoms with Crippen LogP contribution in [-0.2, 0) is 27.1 Å². The van der Waals surface area contributed by atoms with E-state index in [9.17, 15) is 13.2 Å². The van der Waals surface area contributed by atoms with Crippen LogP contribution in [0.3, 0.4) is 0 Å². The summed E-state index contributed by atoms with van der Waals surface area (Å²) < 4.78 is 21.6. The Hall–Kier alpha value is -1.07. The minimum Gasteiger partial charge on any atom is -0.351 e. The van der Waals surface area contributed by atoms with Crippen molar-refractivity contribution in [1.29, 1.82) is 0 Å². The molecule has 1 rings (SSSR count). The fourth-order valence-corrected chi connectivity index (χ4v) is 1.90. The van der Waals surface area contributed by atoms with Crippen LogP contribution in [0.25, 0.3) is 0 Å². The van der Waals surface area contributed by atoms with E-state index in [1.807, 2.05) is 24.3 Å². The highest BCUT2D eigenvalue weighted by Gasteiger charge is 2.38. The van der Waals surface area contributed by atoms with Crippen LogP contribution in [0.4, 0.5) is 0 Å². The van der Waals surface area contributed by atoms with E-state index in [1.54, 1.807) is 0 Å². The molecule has 0 fully saturated rings. The molecule has 6 heteroatoms. The van der Waals surface area contributed by atoms with Gasteiger partial charge in [-0.3, -0.25) is 4.79 Å². The van der Waals surface area contributed by atoms with Gasteiger partial charge in [0.1, 0.15) is 4.75 Å². The molecule has 0 saturated heterocycles. The van der Waals surface area contributed by atoms with Crippen molar-refractivity contribution in [2.24, 2.45) is 0 Å². The number of hydrogen-bond acceptors (Lipinski definition) is 3. The van der Waals surface area contributed by atoms with Crippen LogP contribution in [0, 0.1) is 0 Å². The van der Waals surface area contributed by atoms with Crippen LogP contribution >= 0.6 is 11.6 Å². The predicted molar refractivity (Wildman–Crippen MR) is 76.8 cm³/mol. The quantitative estimate of drug-likeness (QED) is 0.845. The Morgan fingerprint density at radius 1 is 1.21 bits per heavy atom. The average molecular weight is 304 g/mol. The van der Waals surface area contributed by atoms with E-state index < -0.39 is 20.5 Å². The van der Waals surface area contributed by atoms with Crippen molar-refractivity contribution in [3.63, 3.8) is 0 Å². The third-order valence-electron chi connectivity index (χ3n) is 3.10. The SMILES string of the molecule is CC(C)(C(=O)NCc1ccc(CCl)cc1)S(C)(=O)=O. The van der Waals surface area contributed by atoms with E-state index >= 15 is 0 Å². The average Bonchev–Trinajstić information content (AvgIpc) is 2.35. The smallest absolute Gasteiger partial charge is 0.241 e. The second-order valence-corrected chi connectivity index (χ2v) is 7.75. The molecular formula is C13H18ClNO3S. The normalized spacial score (nSPS) is 12.2. The molecule has 1 amide bonds. The third kappa shape index (κ3) is 3.94. The lowest BCUT2D eigenvalue weighted by Crippen LogP contribution is -2.47. The Morgan fingerprint density at radius 3 is 2.11 bits per heavy atom. The summed E-state index contributed by atoms with van der Waals surface area (Å²) in [6.45, 7) is 3.09. The predicted octanol–water partition coefficient (Wildman–Crippen LogP) is 1.86. The summed E-state index contributed by atoms with van der Waals surface area (Å²) >= 11 is 5.68. The lowest BCUT2D eigenvalue weighted by atomic mass is 10.1. The standard InChI is InChI=1S/C13H18ClNO3S/c1-13(2,19(3,17)18)12(16)15-9-11-6-4-10(8-14)5-7-11/h4-7H,8-9H2,1-3H3,(H,15,16). The van der Waals surface area contributed by atoms with Crippen molar-refractivity contribution in [1.82, 2.24) is 5.32 Å². The zero-order valence-electron chi connectivity index (χ0n) is 11.2. The first kappa shape index (κ1) is 16.0. The van der Waals surface area contributed by atoms with Crippen LogP contribution in [-0.4, -0.2) is 25.3 Å². The lowest BCUT2D eigenvalue weighted by Gasteiger charge is -2.21. The maximum Gasteiger partial charge on any atom is 0.241 e. The second kappa shape index (κ2) is 5.92. The summed E-state index contributed by atoms with van der Waals surface area (Å²) in [6, 6.07) is 7.45. The minimum atomic E-state index is -3.45. The van der Waals surface area contributed by atoms with Crippen molar-refractivity contribution in [3.8, 4) is 0 Å². The summed E-state index contributed by atoms with van der Waals surface area (Å²) in [6.07, 6.45) is 1.06. The molecule has 0 atom stereocenters. The molecule has 0 saturated carbocycles. The summed E-state index contributed by atoms with van der Waals surface area (Å²) in [5.74, 6) is -0.0651. The van der Waals surface area contributed by atoms with Gasteiger partial charge in [-0.1, -0.05) is 24.3 Å². The number of alkyl halides is 1. The van der Waals surface area contributed by atoms with E-state index in [-0.39, 0.29) is 0 Å². The largest absolute Gasteiger partial charge is 0.351 e. The van der Waals surface area contributed by atoms with Gasteiger partial charge in [0.15, 0.2) is 9.84 Å². The first-order chi connectivity index (χ1) is 8.68. The lowest BCUT2D eigenvalue weighted by molar-refractivity contribution is -0.123. The topological polar surface area (TPSA) is 63.2 Å². The number of carbonyl (C=O) groups excluding carboxylic acids is 1. The third-order valence-corrected chi connectivity index (χ3v) is 5.45. The molecule has 1 aromatic carbocycles. The number of benzene rings is 1. The van der Waals surface area contributed by atoms with Gasteiger partial charge in [-0.2, -0.15) is 0 Å². The molecule has 106 valence electrons. The monoisotopic (exact) mass is 303 g/mol. The summed E-state index contributed by atoms with van der Waals surface area (Å²) in [5.41, 5.74) is 1.89. The van der Waals surface area contributed by atoms with E-state index in [4.69, 9.17) is 11.6 Å². The number of amides is 1. The summed E-state index contributed by atoms with van der Waals surface area (Å²) in [4.78, 5) is 11.9. The fourth-order valence-electron chi connectivity index (χ4n) is 1.31. The second-order valence-electron chi connectivity index (χ2n) is 4.92. The van der Waals surface area contributed by atoms with Crippen molar-refractivity contribution in [2.45, 2.75) is 31.0 Å². The molecule has 0 aromatic heterocycles. The molecule has 0 radical (unpaired) electrons. The number of rotatable bonds is 5. The minimum absolute atomic E-state index is 0.292. The molecule has 0 heterocycles. The molecule has 0 aliphatic heterocycles. The van der Waals surface area contributed by atoms with Crippen LogP contribution in [0.1, 0.15) is 25.0 Å². The highest BCUT2D eigenvalue weighted by molar-refractivity contribution is 7.92.